The standard InChI is InChI=1S/C15H13NO3/c17-15(18)8-7-13-5-1-2-6-14(13)19-11-12-4-3-9-16-10-12/h1-10H,11H2,(H,17,18). The molecule has 0 spiro atoms. The summed E-state index contributed by atoms with van der Waals surface area (Å²) in [6.45, 7) is 0.395. The molecule has 0 fully saturated rings. The Labute approximate surface area is 111 Å². The summed E-state index contributed by atoms with van der Waals surface area (Å²) in [4.78, 5) is 14.5. The summed E-state index contributed by atoms with van der Waals surface area (Å²) in [5.74, 6) is -0.342. The van der Waals surface area contributed by atoms with Crippen LogP contribution in [0.5, 0.6) is 5.75 Å². The summed E-state index contributed by atoms with van der Waals surface area (Å²) in [5.41, 5.74) is 1.69. The first kappa shape index (κ1) is 12.8. The Morgan fingerprint density at radius 3 is 2.84 bits per heavy atom. The Bertz CT molecular complexity index is 579. The molecule has 96 valence electrons. The van der Waals surface area contributed by atoms with Crippen molar-refractivity contribution in [3.63, 3.8) is 0 Å². The van der Waals surface area contributed by atoms with Crippen molar-refractivity contribution in [1.82, 2.24) is 4.98 Å². The third-order valence-electron chi connectivity index (χ3n) is 2.44. The van der Waals surface area contributed by atoms with Crippen LogP contribution in [0.3, 0.4) is 0 Å². The Morgan fingerprint density at radius 1 is 1.26 bits per heavy atom. The number of carboxylic acid groups (broad SMARTS) is 1. The molecule has 0 saturated carbocycles. The smallest absolute Gasteiger partial charge is 0.328 e. The predicted molar refractivity (Wildman–Crippen MR) is 71.7 cm³/mol. The number of carboxylic acids is 1. The second-order valence-electron chi connectivity index (χ2n) is 3.86. The molecule has 2 aromatic rings. The fourth-order valence-electron chi connectivity index (χ4n) is 1.56. The number of aromatic nitrogens is 1. The van der Waals surface area contributed by atoms with Crippen LogP contribution >= 0.6 is 0 Å². The number of carbonyl (C=O) groups is 1. The van der Waals surface area contributed by atoms with Gasteiger partial charge in [-0.1, -0.05) is 24.3 Å². The molecular formula is C15H13NO3. The fraction of sp³-hybridized carbons (Fsp3) is 0.0667. The topological polar surface area (TPSA) is 59.4 Å². The Kier molecular flexibility index (Phi) is 4.29. The molecule has 0 aliphatic heterocycles. The van der Waals surface area contributed by atoms with Gasteiger partial charge in [0.2, 0.25) is 0 Å². The van der Waals surface area contributed by atoms with Gasteiger partial charge >= 0.3 is 5.97 Å². The number of rotatable bonds is 5. The Balaban J connectivity index is 2.10. The van der Waals surface area contributed by atoms with Crippen LogP contribution in [0.15, 0.2) is 54.9 Å². The first-order chi connectivity index (χ1) is 9.25. The van der Waals surface area contributed by atoms with Gasteiger partial charge in [-0.3, -0.25) is 4.98 Å². The molecule has 1 heterocycles. The molecule has 0 saturated heterocycles. The molecule has 1 N–H and O–H groups in total. The van der Waals surface area contributed by atoms with Crippen LogP contribution < -0.4 is 4.74 Å². The second-order valence-corrected chi connectivity index (χ2v) is 3.86. The quantitative estimate of drug-likeness (QED) is 0.834. The van der Waals surface area contributed by atoms with E-state index in [0.29, 0.717) is 12.4 Å². The molecular weight excluding hydrogens is 242 g/mol. The number of ether oxygens (including phenoxy) is 1. The van der Waals surface area contributed by atoms with Gasteiger partial charge in [-0.05, 0) is 18.2 Å². The van der Waals surface area contributed by atoms with Gasteiger partial charge in [0.05, 0.1) is 0 Å². The zero-order valence-electron chi connectivity index (χ0n) is 10.2. The highest BCUT2D eigenvalue weighted by Gasteiger charge is 2.01. The molecule has 19 heavy (non-hydrogen) atoms. The average Bonchev–Trinajstić information content (AvgIpc) is 2.45. The molecule has 4 heteroatoms. The lowest BCUT2D eigenvalue weighted by molar-refractivity contribution is -0.131. The molecule has 0 amide bonds. The van der Waals surface area contributed by atoms with Crippen molar-refractivity contribution in [2.45, 2.75) is 6.61 Å². The molecule has 0 aliphatic rings. The van der Waals surface area contributed by atoms with Crippen molar-refractivity contribution in [3.05, 3.63) is 66.0 Å². The Morgan fingerprint density at radius 2 is 2.11 bits per heavy atom. The molecule has 0 aliphatic carbocycles. The van der Waals surface area contributed by atoms with Crippen LogP contribution in [0.4, 0.5) is 0 Å². The van der Waals surface area contributed by atoms with Gasteiger partial charge < -0.3 is 9.84 Å². The van der Waals surface area contributed by atoms with Crippen LogP contribution in [0, 0.1) is 0 Å². The zero-order valence-corrected chi connectivity index (χ0v) is 10.2. The summed E-state index contributed by atoms with van der Waals surface area (Å²) < 4.78 is 5.67. The highest BCUT2D eigenvalue weighted by molar-refractivity contribution is 5.85. The maximum Gasteiger partial charge on any atom is 0.328 e. The second kappa shape index (κ2) is 6.35. The van der Waals surface area contributed by atoms with Crippen LogP contribution in [0.1, 0.15) is 11.1 Å². The number of hydrogen-bond acceptors (Lipinski definition) is 3. The van der Waals surface area contributed by atoms with Gasteiger partial charge in [0.15, 0.2) is 0 Å². The van der Waals surface area contributed by atoms with Crippen LogP contribution in [0.2, 0.25) is 0 Å². The highest BCUT2D eigenvalue weighted by Crippen LogP contribution is 2.20. The summed E-state index contributed by atoms with van der Waals surface area (Å²) in [7, 11) is 0. The largest absolute Gasteiger partial charge is 0.488 e. The monoisotopic (exact) mass is 255 g/mol. The maximum absolute atomic E-state index is 10.5. The predicted octanol–water partition coefficient (Wildman–Crippen LogP) is 2.76. The molecule has 0 bridgehead atoms. The summed E-state index contributed by atoms with van der Waals surface area (Å²) in [6, 6.07) is 11.0. The van der Waals surface area contributed by atoms with E-state index in [-0.39, 0.29) is 0 Å². The van der Waals surface area contributed by atoms with Crippen LogP contribution in [0.25, 0.3) is 6.08 Å². The first-order valence-electron chi connectivity index (χ1n) is 5.77. The molecule has 4 nitrogen and oxygen atoms in total. The molecule has 2 rings (SSSR count). The van der Waals surface area contributed by atoms with Crippen LogP contribution in [-0.2, 0) is 11.4 Å². The van der Waals surface area contributed by atoms with Crippen molar-refractivity contribution in [3.8, 4) is 5.75 Å². The third-order valence-corrected chi connectivity index (χ3v) is 2.44. The number of nitrogens with zero attached hydrogens (tertiary/aromatic N) is 1. The zero-order chi connectivity index (χ0) is 13.5. The van der Waals surface area contributed by atoms with E-state index in [1.807, 2.05) is 24.3 Å². The minimum atomic E-state index is -0.984. The van der Waals surface area contributed by atoms with E-state index in [1.165, 1.54) is 6.08 Å². The van der Waals surface area contributed by atoms with E-state index >= 15 is 0 Å². The third kappa shape index (κ3) is 3.96. The lowest BCUT2D eigenvalue weighted by atomic mass is 10.2. The van der Waals surface area contributed by atoms with E-state index in [1.54, 1.807) is 24.5 Å². The number of pyridine rings is 1. The average molecular weight is 255 g/mol. The minimum Gasteiger partial charge on any atom is -0.488 e. The van der Waals surface area contributed by atoms with E-state index < -0.39 is 5.97 Å². The SMILES string of the molecule is O=C(O)C=Cc1ccccc1OCc1cccnc1. The Hall–Kier alpha value is -2.62. The first-order valence-corrected chi connectivity index (χ1v) is 5.77. The molecule has 0 unspecified atom stereocenters. The maximum atomic E-state index is 10.5. The van der Waals surface area contributed by atoms with Gasteiger partial charge in [0.25, 0.3) is 0 Å². The number of aliphatic carboxylic acids is 1. The van der Waals surface area contributed by atoms with Crippen molar-refractivity contribution in [1.29, 1.82) is 0 Å². The molecule has 1 aromatic heterocycles. The molecule has 0 atom stereocenters. The van der Waals surface area contributed by atoms with E-state index in [4.69, 9.17) is 9.84 Å². The highest BCUT2D eigenvalue weighted by atomic mass is 16.5. The van der Waals surface area contributed by atoms with Crippen molar-refractivity contribution in [2.75, 3.05) is 0 Å². The summed E-state index contributed by atoms with van der Waals surface area (Å²) in [6.07, 6.45) is 6.04. The summed E-state index contributed by atoms with van der Waals surface area (Å²) in [5, 5.41) is 8.64. The van der Waals surface area contributed by atoms with E-state index in [9.17, 15) is 4.79 Å². The number of para-hydroxylation sites is 1. The van der Waals surface area contributed by atoms with Gasteiger partial charge in [-0.15, -0.1) is 0 Å². The number of hydrogen-bond donors (Lipinski definition) is 1. The summed E-state index contributed by atoms with van der Waals surface area (Å²) >= 11 is 0. The van der Waals surface area contributed by atoms with Gasteiger partial charge in [-0.25, -0.2) is 4.79 Å². The lowest BCUT2D eigenvalue weighted by Gasteiger charge is -2.08. The molecule has 1 aromatic carbocycles. The van der Waals surface area contributed by atoms with Crippen molar-refractivity contribution < 1.29 is 14.6 Å². The van der Waals surface area contributed by atoms with E-state index in [0.717, 1.165) is 17.2 Å². The van der Waals surface area contributed by atoms with E-state index in [2.05, 4.69) is 4.98 Å². The molecule has 0 radical (unpaired) electrons. The number of benzene rings is 1. The lowest BCUT2D eigenvalue weighted by Crippen LogP contribution is -1.97. The van der Waals surface area contributed by atoms with Gasteiger partial charge in [-0.2, -0.15) is 0 Å². The fourth-order valence-corrected chi connectivity index (χ4v) is 1.56. The van der Waals surface area contributed by atoms with Gasteiger partial charge in [0, 0.05) is 29.6 Å². The van der Waals surface area contributed by atoms with Gasteiger partial charge in [0.1, 0.15) is 12.4 Å². The minimum absolute atomic E-state index is 0.395. The normalized spacial score (nSPS) is 10.5. The van der Waals surface area contributed by atoms with Crippen molar-refractivity contribution >= 4 is 12.0 Å². The van der Waals surface area contributed by atoms with Crippen molar-refractivity contribution in [2.24, 2.45) is 0 Å². The van der Waals surface area contributed by atoms with Crippen LogP contribution in [-0.4, -0.2) is 16.1 Å².